The van der Waals surface area contributed by atoms with Gasteiger partial charge in [0, 0.05) is 32.3 Å². The predicted octanol–water partition coefficient (Wildman–Crippen LogP) is 2.88. The van der Waals surface area contributed by atoms with Gasteiger partial charge in [0.05, 0.1) is 0 Å². The number of guanidine groups is 1. The molecular weight excluding hydrogens is 460 g/mol. The van der Waals surface area contributed by atoms with Crippen LogP contribution in [-0.4, -0.2) is 37.0 Å². The summed E-state index contributed by atoms with van der Waals surface area (Å²) in [4.78, 5) is 20.3. The first-order valence-electron chi connectivity index (χ1n) is 8.49. The SMILES string of the molecule is CN=C(NCCC(=O)Nc1cccc(C)n1)NCCc1ccc(F)cc1.I. The molecule has 0 saturated heterocycles. The minimum Gasteiger partial charge on any atom is -0.356 e. The number of anilines is 1. The largest absolute Gasteiger partial charge is 0.356 e. The molecule has 27 heavy (non-hydrogen) atoms. The van der Waals surface area contributed by atoms with Crippen LogP contribution in [0.15, 0.2) is 47.5 Å². The molecule has 0 radical (unpaired) electrons. The Hall–Kier alpha value is -2.23. The van der Waals surface area contributed by atoms with Crippen molar-refractivity contribution >= 4 is 41.7 Å². The predicted molar refractivity (Wildman–Crippen MR) is 117 cm³/mol. The van der Waals surface area contributed by atoms with Gasteiger partial charge in [-0.3, -0.25) is 9.79 Å². The van der Waals surface area contributed by atoms with E-state index >= 15 is 0 Å². The Kier molecular flexibility index (Phi) is 10.3. The average molecular weight is 485 g/mol. The minimum atomic E-state index is -0.238. The Labute approximate surface area is 176 Å². The van der Waals surface area contributed by atoms with E-state index in [2.05, 4.69) is 25.9 Å². The minimum absolute atomic E-state index is 0. The first-order valence-corrected chi connectivity index (χ1v) is 8.49. The van der Waals surface area contributed by atoms with Crippen LogP contribution in [0.1, 0.15) is 17.7 Å². The normalized spacial score (nSPS) is 10.7. The van der Waals surface area contributed by atoms with Gasteiger partial charge in [0.2, 0.25) is 5.91 Å². The molecule has 6 nitrogen and oxygen atoms in total. The molecule has 2 rings (SSSR count). The molecule has 1 aromatic heterocycles. The molecule has 2 aromatic rings. The zero-order chi connectivity index (χ0) is 18.8. The Morgan fingerprint density at radius 1 is 1.11 bits per heavy atom. The summed E-state index contributed by atoms with van der Waals surface area (Å²) in [5.74, 6) is 0.820. The second-order valence-electron chi connectivity index (χ2n) is 5.76. The summed E-state index contributed by atoms with van der Waals surface area (Å²) in [5.41, 5.74) is 1.89. The number of aromatic nitrogens is 1. The molecule has 3 N–H and O–H groups in total. The highest BCUT2D eigenvalue weighted by Gasteiger charge is 2.04. The smallest absolute Gasteiger partial charge is 0.227 e. The summed E-state index contributed by atoms with van der Waals surface area (Å²) in [6.45, 7) is 2.98. The third-order valence-corrected chi connectivity index (χ3v) is 3.64. The van der Waals surface area contributed by atoms with Crippen LogP contribution in [0.5, 0.6) is 0 Å². The summed E-state index contributed by atoms with van der Waals surface area (Å²) in [5, 5.41) is 9.02. The summed E-state index contributed by atoms with van der Waals surface area (Å²) in [6.07, 6.45) is 1.05. The van der Waals surface area contributed by atoms with Crippen molar-refractivity contribution in [1.82, 2.24) is 15.6 Å². The van der Waals surface area contributed by atoms with Crippen LogP contribution in [-0.2, 0) is 11.2 Å². The zero-order valence-corrected chi connectivity index (χ0v) is 17.8. The van der Waals surface area contributed by atoms with Crippen LogP contribution in [0.25, 0.3) is 0 Å². The molecule has 1 aromatic carbocycles. The molecule has 1 amide bonds. The summed E-state index contributed by atoms with van der Waals surface area (Å²) in [6, 6.07) is 11.9. The molecule has 0 unspecified atom stereocenters. The molecule has 0 spiro atoms. The van der Waals surface area contributed by atoms with E-state index in [1.54, 1.807) is 25.2 Å². The fourth-order valence-corrected chi connectivity index (χ4v) is 2.31. The van der Waals surface area contributed by atoms with E-state index in [9.17, 15) is 9.18 Å². The lowest BCUT2D eigenvalue weighted by Crippen LogP contribution is -2.39. The summed E-state index contributed by atoms with van der Waals surface area (Å²) in [7, 11) is 1.67. The van der Waals surface area contributed by atoms with Gasteiger partial charge in [-0.1, -0.05) is 18.2 Å². The van der Waals surface area contributed by atoms with Crippen molar-refractivity contribution in [2.45, 2.75) is 19.8 Å². The highest BCUT2D eigenvalue weighted by Crippen LogP contribution is 2.04. The standard InChI is InChI=1S/C19H24FN5O.HI/c1-14-4-3-5-17(24-14)25-18(26)11-13-23-19(21-2)22-12-10-15-6-8-16(20)9-7-15;/h3-9H,10-13H2,1-2H3,(H2,21,22,23)(H,24,25,26);1H. The lowest BCUT2D eigenvalue weighted by Gasteiger charge is -2.12. The van der Waals surface area contributed by atoms with Crippen molar-refractivity contribution in [1.29, 1.82) is 0 Å². The highest BCUT2D eigenvalue weighted by atomic mass is 127. The zero-order valence-electron chi connectivity index (χ0n) is 15.5. The quantitative estimate of drug-likeness (QED) is 0.320. The Morgan fingerprint density at radius 3 is 2.48 bits per heavy atom. The van der Waals surface area contributed by atoms with E-state index in [0.717, 1.165) is 17.7 Å². The van der Waals surface area contributed by atoms with Gasteiger partial charge in [0.25, 0.3) is 0 Å². The Balaban J connectivity index is 0.00000364. The molecule has 0 aliphatic carbocycles. The lowest BCUT2D eigenvalue weighted by molar-refractivity contribution is -0.116. The van der Waals surface area contributed by atoms with Crippen LogP contribution < -0.4 is 16.0 Å². The molecule has 0 aliphatic heterocycles. The van der Waals surface area contributed by atoms with E-state index in [4.69, 9.17) is 0 Å². The summed E-state index contributed by atoms with van der Waals surface area (Å²) >= 11 is 0. The molecule has 0 fully saturated rings. The van der Waals surface area contributed by atoms with Gasteiger partial charge in [-0.2, -0.15) is 0 Å². The monoisotopic (exact) mass is 485 g/mol. The van der Waals surface area contributed by atoms with Gasteiger partial charge < -0.3 is 16.0 Å². The second kappa shape index (κ2) is 12.2. The number of rotatable bonds is 7. The number of carbonyl (C=O) groups excluding carboxylic acids is 1. The number of carbonyl (C=O) groups is 1. The fourth-order valence-electron chi connectivity index (χ4n) is 2.31. The number of pyridine rings is 1. The lowest BCUT2D eigenvalue weighted by atomic mass is 10.1. The van der Waals surface area contributed by atoms with Crippen molar-refractivity contribution in [2.24, 2.45) is 4.99 Å². The maximum atomic E-state index is 12.9. The van der Waals surface area contributed by atoms with Crippen molar-refractivity contribution in [3.05, 3.63) is 59.5 Å². The van der Waals surface area contributed by atoms with Gasteiger partial charge in [0.15, 0.2) is 5.96 Å². The topological polar surface area (TPSA) is 78.4 Å². The Morgan fingerprint density at radius 2 is 1.81 bits per heavy atom. The second-order valence-corrected chi connectivity index (χ2v) is 5.76. The number of nitrogens with one attached hydrogen (secondary N) is 3. The summed E-state index contributed by atoms with van der Waals surface area (Å²) < 4.78 is 12.9. The van der Waals surface area contributed by atoms with Crippen molar-refractivity contribution in [3.8, 4) is 0 Å². The first kappa shape index (κ1) is 22.8. The van der Waals surface area contributed by atoms with Crippen molar-refractivity contribution in [3.63, 3.8) is 0 Å². The van der Waals surface area contributed by atoms with E-state index in [-0.39, 0.29) is 35.7 Å². The molecule has 0 aliphatic rings. The molecule has 0 bridgehead atoms. The van der Waals surface area contributed by atoms with E-state index in [1.807, 2.05) is 19.1 Å². The van der Waals surface area contributed by atoms with Gasteiger partial charge in [-0.15, -0.1) is 24.0 Å². The van der Waals surface area contributed by atoms with Gasteiger partial charge in [-0.25, -0.2) is 9.37 Å². The van der Waals surface area contributed by atoms with Gasteiger partial charge in [-0.05, 0) is 43.2 Å². The number of halogens is 2. The van der Waals surface area contributed by atoms with Crippen LogP contribution in [0, 0.1) is 12.7 Å². The number of benzene rings is 1. The molecule has 0 saturated carbocycles. The fraction of sp³-hybridized carbons (Fsp3) is 0.316. The number of hydrogen-bond acceptors (Lipinski definition) is 3. The molecule has 0 atom stereocenters. The van der Waals surface area contributed by atoms with E-state index < -0.39 is 0 Å². The third-order valence-electron chi connectivity index (χ3n) is 3.64. The molecular formula is C19H25FIN5O. The van der Waals surface area contributed by atoms with Gasteiger partial charge >= 0.3 is 0 Å². The molecule has 146 valence electrons. The maximum absolute atomic E-state index is 12.9. The van der Waals surface area contributed by atoms with Gasteiger partial charge in [0.1, 0.15) is 11.6 Å². The van der Waals surface area contributed by atoms with Crippen LogP contribution in [0.4, 0.5) is 10.2 Å². The van der Waals surface area contributed by atoms with E-state index in [0.29, 0.717) is 31.3 Å². The number of amides is 1. The van der Waals surface area contributed by atoms with Crippen LogP contribution in [0.3, 0.4) is 0 Å². The molecule has 1 heterocycles. The number of nitrogens with zero attached hydrogens (tertiary/aromatic N) is 2. The number of aryl methyl sites for hydroxylation is 1. The van der Waals surface area contributed by atoms with Crippen molar-refractivity contribution < 1.29 is 9.18 Å². The van der Waals surface area contributed by atoms with Crippen molar-refractivity contribution in [2.75, 3.05) is 25.5 Å². The highest BCUT2D eigenvalue weighted by molar-refractivity contribution is 14.0. The van der Waals surface area contributed by atoms with Crippen LogP contribution >= 0.6 is 24.0 Å². The third kappa shape index (κ3) is 8.80. The number of aliphatic imine (C=N–C) groups is 1. The maximum Gasteiger partial charge on any atom is 0.227 e. The van der Waals surface area contributed by atoms with Crippen LogP contribution in [0.2, 0.25) is 0 Å². The average Bonchev–Trinajstić information content (AvgIpc) is 2.62. The first-order chi connectivity index (χ1) is 12.6. The van der Waals surface area contributed by atoms with E-state index in [1.165, 1.54) is 12.1 Å². The Bertz CT molecular complexity index is 752. The number of hydrogen-bond donors (Lipinski definition) is 3. The molecule has 8 heteroatoms.